The first-order chi connectivity index (χ1) is 13.5. The lowest BCUT2D eigenvalue weighted by atomic mass is 10.1. The SMILES string of the molecule is CCC(COC)NC(=O)c1cn(-c2ccc(F)cc2)nc1-c1cccc(C)c1. The Morgan fingerprint density at radius 1 is 1.25 bits per heavy atom. The number of hydrogen-bond donors (Lipinski definition) is 1. The van der Waals surface area contributed by atoms with Crippen LogP contribution >= 0.6 is 0 Å². The number of carbonyl (C=O) groups is 1. The highest BCUT2D eigenvalue weighted by Crippen LogP contribution is 2.25. The van der Waals surface area contributed by atoms with Crippen molar-refractivity contribution in [1.82, 2.24) is 15.1 Å². The first-order valence-corrected chi connectivity index (χ1v) is 9.24. The normalized spacial score (nSPS) is 12.0. The Kier molecular flexibility index (Phi) is 6.21. The van der Waals surface area contributed by atoms with Crippen molar-refractivity contribution in [2.45, 2.75) is 26.3 Å². The molecule has 1 N–H and O–H groups in total. The Hall–Kier alpha value is -2.99. The van der Waals surface area contributed by atoms with Gasteiger partial charge in [0.25, 0.3) is 5.91 Å². The van der Waals surface area contributed by atoms with Crippen molar-refractivity contribution in [2.24, 2.45) is 0 Å². The number of nitrogens with one attached hydrogen (secondary N) is 1. The van der Waals surface area contributed by atoms with Gasteiger partial charge >= 0.3 is 0 Å². The van der Waals surface area contributed by atoms with Gasteiger partial charge in [-0.05, 0) is 43.7 Å². The molecule has 0 radical (unpaired) electrons. The van der Waals surface area contributed by atoms with E-state index in [9.17, 15) is 9.18 Å². The molecule has 1 heterocycles. The van der Waals surface area contributed by atoms with E-state index in [1.165, 1.54) is 12.1 Å². The van der Waals surface area contributed by atoms with Gasteiger partial charge in [-0.1, -0.05) is 30.7 Å². The number of nitrogens with zero attached hydrogens (tertiary/aromatic N) is 2. The van der Waals surface area contributed by atoms with Crippen molar-refractivity contribution in [3.05, 3.63) is 71.7 Å². The van der Waals surface area contributed by atoms with Crippen molar-refractivity contribution in [3.8, 4) is 16.9 Å². The first-order valence-electron chi connectivity index (χ1n) is 9.24. The van der Waals surface area contributed by atoms with Crippen LogP contribution in [0.1, 0.15) is 29.3 Å². The van der Waals surface area contributed by atoms with Crippen LogP contribution < -0.4 is 5.32 Å². The van der Waals surface area contributed by atoms with Crippen LogP contribution in [0.5, 0.6) is 0 Å². The summed E-state index contributed by atoms with van der Waals surface area (Å²) in [7, 11) is 1.61. The molecule has 5 nitrogen and oxygen atoms in total. The van der Waals surface area contributed by atoms with Crippen molar-refractivity contribution < 1.29 is 13.9 Å². The zero-order chi connectivity index (χ0) is 20.1. The maximum absolute atomic E-state index is 13.3. The highest BCUT2D eigenvalue weighted by atomic mass is 19.1. The van der Waals surface area contributed by atoms with E-state index in [4.69, 9.17) is 4.74 Å². The van der Waals surface area contributed by atoms with Gasteiger partial charge in [0, 0.05) is 18.9 Å². The van der Waals surface area contributed by atoms with Crippen molar-refractivity contribution >= 4 is 5.91 Å². The molecular formula is C22H24FN3O2. The van der Waals surface area contributed by atoms with Gasteiger partial charge in [0.15, 0.2) is 0 Å². The Morgan fingerprint density at radius 2 is 2.00 bits per heavy atom. The number of amides is 1. The van der Waals surface area contributed by atoms with Crippen LogP contribution in [0.15, 0.2) is 54.7 Å². The van der Waals surface area contributed by atoms with E-state index in [2.05, 4.69) is 10.4 Å². The minimum absolute atomic E-state index is 0.0861. The van der Waals surface area contributed by atoms with Gasteiger partial charge in [-0.2, -0.15) is 5.10 Å². The first kappa shape index (κ1) is 19.8. The van der Waals surface area contributed by atoms with Gasteiger partial charge in [0.05, 0.1) is 23.9 Å². The Bertz CT molecular complexity index is 951. The summed E-state index contributed by atoms with van der Waals surface area (Å²) in [5.74, 6) is -0.535. The average molecular weight is 381 g/mol. The summed E-state index contributed by atoms with van der Waals surface area (Å²) in [6, 6.07) is 13.7. The van der Waals surface area contributed by atoms with Crippen LogP contribution in [0.2, 0.25) is 0 Å². The molecule has 0 aliphatic heterocycles. The molecular weight excluding hydrogens is 357 g/mol. The molecule has 1 aromatic heterocycles. The van der Waals surface area contributed by atoms with Crippen LogP contribution in [0.25, 0.3) is 16.9 Å². The lowest BCUT2D eigenvalue weighted by molar-refractivity contribution is 0.0895. The molecule has 0 aliphatic carbocycles. The maximum Gasteiger partial charge on any atom is 0.255 e. The number of methoxy groups -OCH3 is 1. The smallest absolute Gasteiger partial charge is 0.255 e. The van der Waals surface area contributed by atoms with Crippen molar-refractivity contribution in [3.63, 3.8) is 0 Å². The number of ether oxygens (including phenoxy) is 1. The topological polar surface area (TPSA) is 56.1 Å². The molecule has 146 valence electrons. The molecule has 0 fully saturated rings. The van der Waals surface area contributed by atoms with Crippen LogP contribution in [0.4, 0.5) is 4.39 Å². The minimum atomic E-state index is -0.321. The monoisotopic (exact) mass is 381 g/mol. The molecule has 2 aromatic carbocycles. The van der Waals surface area contributed by atoms with Crippen LogP contribution in [-0.4, -0.2) is 35.4 Å². The van der Waals surface area contributed by atoms with Crippen molar-refractivity contribution in [2.75, 3.05) is 13.7 Å². The lowest BCUT2D eigenvalue weighted by Crippen LogP contribution is -2.37. The standard InChI is InChI=1S/C22H24FN3O2/c1-4-18(14-28-3)24-22(27)20-13-26(19-10-8-17(23)9-11-19)25-21(20)16-7-5-6-15(2)12-16/h5-13,18H,4,14H2,1-3H3,(H,24,27). The Balaban J connectivity index is 2.03. The largest absolute Gasteiger partial charge is 0.383 e. The van der Waals surface area contributed by atoms with Gasteiger partial charge in [0.1, 0.15) is 11.5 Å². The zero-order valence-electron chi connectivity index (χ0n) is 16.3. The van der Waals surface area contributed by atoms with Gasteiger partial charge < -0.3 is 10.1 Å². The number of aryl methyl sites for hydroxylation is 1. The molecule has 0 bridgehead atoms. The molecule has 28 heavy (non-hydrogen) atoms. The highest BCUT2D eigenvalue weighted by Gasteiger charge is 2.21. The van der Waals surface area contributed by atoms with Crippen LogP contribution in [0, 0.1) is 12.7 Å². The third kappa shape index (κ3) is 4.46. The summed E-state index contributed by atoms with van der Waals surface area (Å²) in [5, 5.41) is 7.63. The van der Waals surface area contributed by atoms with E-state index in [-0.39, 0.29) is 17.8 Å². The second-order valence-corrected chi connectivity index (χ2v) is 6.72. The molecule has 1 amide bonds. The summed E-state index contributed by atoms with van der Waals surface area (Å²) in [5.41, 5.74) is 3.65. The fraction of sp³-hybridized carbons (Fsp3) is 0.273. The number of benzene rings is 2. The summed E-state index contributed by atoms with van der Waals surface area (Å²) >= 11 is 0. The number of carbonyl (C=O) groups excluding carboxylic acids is 1. The lowest BCUT2D eigenvalue weighted by Gasteiger charge is -2.15. The number of rotatable bonds is 7. The molecule has 0 saturated carbocycles. The minimum Gasteiger partial charge on any atom is -0.383 e. The molecule has 0 aliphatic rings. The summed E-state index contributed by atoms with van der Waals surface area (Å²) < 4.78 is 20.1. The molecule has 3 rings (SSSR count). The molecule has 6 heteroatoms. The maximum atomic E-state index is 13.3. The second-order valence-electron chi connectivity index (χ2n) is 6.72. The summed E-state index contributed by atoms with van der Waals surface area (Å²) in [6.45, 7) is 4.42. The van der Waals surface area contributed by atoms with Crippen LogP contribution in [0.3, 0.4) is 0 Å². The second kappa shape index (κ2) is 8.80. The Labute approximate surface area is 164 Å². The van der Waals surface area contributed by atoms with Gasteiger partial charge in [0.2, 0.25) is 0 Å². The molecule has 3 aromatic rings. The fourth-order valence-corrected chi connectivity index (χ4v) is 3.00. The van der Waals surface area contributed by atoms with E-state index >= 15 is 0 Å². The van der Waals surface area contributed by atoms with Gasteiger partial charge in [-0.15, -0.1) is 0 Å². The van der Waals surface area contributed by atoms with Crippen molar-refractivity contribution in [1.29, 1.82) is 0 Å². The molecule has 1 unspecified atom stereocenters. The molecule has 0 saturated heterocycles. The predicted molar refractivity (Wildman–Crippen MR) is 107 cm³/mol. The quantitative estimate of drug-likeness (QED) is 0.669. The fourth-order valence-electron chi connectivity index (χ4n) is 3.00. The van der Waals surface area contributed by atoms with E-state index in [0.717, 1.165) is 17.5 Å². The van der Waals surface area contributed by atoms with Crippen LogP contribution in [-0.2, 0) is 4.74 Å². The van der Waals surface area contributed by atoms with E-state index in [0.29, 0.717) is 23.6 Å². The summed E-state index contributed by atoms with van der Waals surface area (Å²) in [6.07, 6.45) is 2.44. The summed E-state index contributed by atoms with van der Waals surface area (Å²) in [4.78, 5) is 13.0. The van der Waals surface area contributed by atoms with Gasteiger partial charge in [-0.3, -0.25) is 4.79 Å². The third-order valence-electron chi connectivity index (χ3n) is 4.54. The van der Waals surface area contributed by atoms with Gasteiger partial charge in [-0.25, -0.2) is 9.07 Å². The molecule has 0 spiro atoms. The number of aromatic nitrogens is 2. The Morgan fingerprint density at radius 3 is 2.64 bits per heavy atom. The predicted octanol–water partition coefficient (Wildman–Crippen LogP) is 4.14. The number of hydrogen-bond acceptors (Lipinski definition) is 3. The average Bonchev–Trinajstić information content (AvgIpc) is 3.13. The van der Waals surface area contributed by atoms with E-state index < -0.39 is 0 Å². The third-order valence-corrected chi connectivity index (χ3v) is 4.54. The molecule has 1 atom stereocenters. The van der Waals surface area contributed by atoms with E-state index in [1.54, 1.807) is 30.1 Å². The highest BCUT2D eigenvalue weighted by molar-refractivity contribution is 6.00. The zero-order valence-corrected chi connectivity index (χ0v) is 16.3. The number of halogens is 1. The van der Waals surface area contributed by atoms with E-state index in [1.807, 2.05) is 38.1 Å².